The molecule has 2 rings (SSSR count). The maximum atomic E-state index is 12.0. The lowest BCUT2D eigenvalue weighted by molar-refractivity contribution is -0.385. The molecule has 1 fully saturated rings. The molecule has 0 aromatic heterocycles. The van der Waals surface area contributed by atoms with E-state index in [-0.39, 0.29) is 5.69 Å². The Labute approximate surface area is 152 Å². The van der Waals surface area contributed by atoms with Crippen molar-refractivity contribution < 1.29 is 18.1 Å². The van der Waals surface area contributed by atoms with E-state index in [9.17, 15) is 23.3 Å². The zero-order valence-electron chi connectivity index (χ0n) is 14.8. The number of amides is 2. The molecule has 2 N–H and O–H groups in total. The van der Waals surface area contributed by atoms with Crippen LogP contribution in [0.25, 0.3) is 0 Å². The molecule has 144 valence electrons. The topological polar surface area (TPSA) is 125 Å². The van der Waals surface area contributed by atoms with Crippen molar-refractivity contribution >= 4 is 27.4 Å². The second kappa shape index (κ2) is 8.43. The molecule has 1 aromatic carbocycles. The Bertz CT molecular complexity index is 775. The molecule has 0 radical (unpaired) electrons. The molecular weight excluding hydrogens is 362 g/mol. The van der Waals surface area contributed by atoms with E-state index in [0.29, 0.717) is 50.5 Å². The minimum Gasteiger partial charge on any atom is -0.337 e. The second-order valence-corrected chi connectivity index (χ2v) is 8.07. The van der Waals surface area contributed by atoms with Gasteiger partial charge in [0.2, 0.25) is 10.0 Å². The first-order chi connectivity index (χ1) is 12.2. The number of benzene rings is 1. The van der Waals surface area contributed by atoms with Gasteiger partial charge in [0.1, 0.15) is 0 Å². The lowest BCUT2D eigenvalue weighted by atomic mass is 10.1. The van der Waals surface area contributed by atoms with Crippen LogP contribution in [0.5, 0.6) is 0 Å². The van der Waals surface area contributed by atoms with Crippen LogP contribution in [0.2, 0.25) is 0 Å². The third-order valence-electron chi connectivity index (χ3n) is 4.26. The van der Waals surface area contributed by atoms with Crippen molar-refractivity contribution in [2.75, 3.05) is 50.8 Å². The fraction of sp³-hybridized carbons (Fsp3) is 0.533. The average molecular weight is 385 g/mol. The van der Waals surface area contributed by atoms with Gasteiger partial charge in [0.15, 0.2) is 0 Å². The lowest BCUT2D eigenvalue weighted by Crippen LogP contribution is -2.50. The normalized spacial score (nSPS) is 16.2. The molecule has 0 spiro atoms. The van der Waals surface area contributed by atoms with Crippen molar-refractivity contribution in [1.29, 1.82) is 0 Å². The van der Waals surface area contributed by atoms with E-state index in [1.54, 1.807) is 13.0 Å². The summed E-state index contributed by atoms with van der Waals surface area (Å²) in [5.41, 5.74) is 0.731. The number of sulfonamides is 1. The van der Waals surface area contributed by atoms with E-state index >= 15 is 0 Å². The number of nitrogens with zero attached hydrogens (tertiary/aromatic N) is 3. The van der Waals surface area contributed by atoms with Gasteiger partial charge in [-0.15, -0.1) is 0 Å². The smallest absolute Gasteiger partial charge is 0.319 e. The zero-order chi connectivity index (χ0) is 19.3. The van der Waals surface area contributed by atoms with Crippen LogP contribution in [-0.2, 0) is 10.0 Å². The van der Waals surface area contributed by atoms with Crippen LogP contribution in [0.4, 0.5) is 16.2 Å². The molecule has 1 heterocycles. The van der Waals surface area contributed by atoms with Gasteiger partial charge in [-0.2, -0.15) is 4.31 Å². The molecule has 0 saturated carbocycles. The molecule has 1 saturated heterocycles. The van der Waals surface area contributed by atoms with Crippen LogP contribution < -0.4 is 10.6 Å². The molecular formula is C15H23N5O5S. The number of nitrogens with one attached hydrogen (secondary N) is 2. The number of urea groups is 1. The molecule has 0 bridgehead atoms. The summed E-state index contributed by atoms with van der Waals surface area (Å²) < 4.78 is 24.4. The number of rotatable bonds is 6. The Morgan fingerprint density at radius 3 is 2.50 bits per heavy atom. The Hall–Kier alpha value is -2.24. The number of carbonyl (C=O) groups is 1. The Morgan fingerprint density at radius 1 is 1.27 bits per heavy atom. The van der Waals surface area contributed by atoms with E-state index in [1.165, 1.54) is 22.7 Å². The van der Waals surface area contributed by atoms with Gasteiger partial charge in [-0.25, -0.2) is 13.2 Å². The zero-order valence-corrected chi connectivity index (χ0v) is 15.6. The molecule has 11 heteroatoms. The highest BCUT2D eigenvalue weighted by molar-refractivity contribution is 7.88. The minimum atomic E-state index is -3.15. The van der Waals surface area contributed by atoms with Crippen LogP contribution in [0.15, 0.2) is 18.2 Å². The van der Waals surface area contributed by atoms with Crippen LogP contribution in [0.1, 0.15) is 5.56 Å². The quantitative estimate of drug-likeness (QED) is 0.546. The van der Waals surface area contributed by atoms with Crippen molar-refractivity contribution in [1.82, 2.24) is 14.5 Å². The maximum Gasteiger partial charge on any atom is 0.319 e. The summed E-state index contributed by atoms with van der Waals surface area (Å²) in [5.74, 6) is 0. The van der Waals surface area contributed by atoms with E-state index in [1.807, 2.05) is 0 Å². The van der Waals surface area contributed by atoms with Crippen molar-refractivity contribution in [3.63, 3.8) is 0 Å². The number of carbonyl (C=O) groups excluding carboxylic acids is 1. The van der Waals surface area contributed by atoms with Gasteiger partial charge in [0.25, 0.3) is 5.69 Å². The largest absolute Gasteiger partial charge is 0.337 e. The van der Waals surface area contributed by atoms with Gasteiger partial charge in [-0.1, -0.05) is 6.07 Å². The molecule has 1 aromatic rings. The fourth-order valence-electron chi connectivity index (χ4n) is 2.74. The highest BCUT2D eigenvalue weighted by Crippen LogP contribution is 2.24. The minimum absolute atomic E-state index is 0.0495. The van der Waals surface area contributed by atoms with Crippen LogP contribution in [-0.4, -0.2) is 74.1 Å². The Balaban J connectivity index is 1.77. The molecule has 1 aliphatic rings. The molecule has 1 aliphatic heterocycles. The Morgan fingerprint density at radius 2 is 1.92 bits per heavy atom. The number of nitro benzene ring substituents is 1. The van der Waals surface area contributed by atoms with Gasteiger partial charge < -0.3 is 10.6 Å². The highest BCUT2D eigenvalue weighted by Gasteiger charge is 2.23. The summed E-state index contributed by atoms with van der Waals surface area (Å²) in [6, 6.07) is 4.06. The van der Waals surface area contributed by atoms with Crippen LogP contribution in [0.3, 0.4) is 0 Å². The van der Waals surface area contributed by atoms with Gasteiger partial charge in [-0.05, 0) is 13.0 Å². The molecule has 0 unspecified atom stereocenters. The third kappa shape index (κ3) is 5.38. The predicted octanol–water partition coefficient (Wildman–Crippen LogP) is 0.602. The highest BCUT2D eigenvalue weighted by atomic mass is 32.2. The van der Waals surface area contributed by atoms with Crippen LogP contribution in [0, 0.1) is 17.0 Å². The SMILES string of the molecule is Cc1c(NC(=O)NCCN2CCN(S(C)(=O)=O)CC2)cccc1[N+](=O)[O-]. The molecule has 26 heavy (non-hydrogen) atoms. The lowest BCUT2D eigenvalue weighted by Gasteiger charge is -2.33. The fourth-order valence-corrected chi connectivity index (χ4v) is 3.56. The van der Waals surface area contributed by atoms with E-state index in [2.05, 4.69) is 15.5 Å². The summed E-state index contributed by atoms with van der Waals surface area (Å²) in [7, 11) is -3.15. The number of hydrogen-bond donors (Lipinski definition) is 2. The Kier molecular flexibility index (Phi) is 6.51. The third-order valence-corrected chi connectivity index (χ3v) is 5.57. The first kappa shape index (κ1) is 20.1. The van der Waals surface area contributed by atoms with Gasteiger partial charge in [0.05, 0.1) is 22.4 Å². The average Bonchev–Trinajstić information content (AvgIpc) is 2.56. The van der Waals surface area contributed by atoms with Crippen molar-refractivity contribution in [2.24, 2.45) is 0 Å². The number of nitro groups is 1. The van der Waals surface area contributed by atoms with Crippen molar-refractivity contribution in [3.05, 3.63) is 33.9 Å². The summed E-state index contributed by atoms with van der Waals surface area (Å²) in [4.78, 5) is 24.5. The summed E-state index contributed by atoms with van der Waals surface area (Å²) in [5, 5.41) is 16.2. The first-order valence-corrected chi connectivity index (χ1v) is 9.99. The molecule has 10 nitrogen and oxygen atoms in total. The van der Waals surface area contributed by atoms with Crippen molar-refractivity contribution in [3.8, 4) is 0 Å². The van der Waals surface area contributed by atoms with E-state index in [0.717, 1.165) is 0 Å². The second-order valence-electron chi connectivity index (χ2n) is 6.09. The predicted molar refractivity (Wildman–Crippen MR) is 97.7 cm³/mol. The number of anilines is 1. The maximum absolute atomic E-state index is 12.0. The number of piperazine rings is 1. The van der Waals surface area contributed by atoms with Crippen LogP contribution >= 0.6 is 0 Å². The summed E-state index contributed by atoms with van der Waals surface area (Å²) in [6.07, 6.45) is 1.20. The van der Waals surface area contributed by atoms with E-state index in [4.69, 9.17) is 0 Å². The van der Waals surface area contributed by atoms with Crippen molar-refractivity contribution in [2.45, 2.75) is 6.92 Å². The molecule has 0 atom stereocenters. The summed E-state index contributed by atoms with van der Waals surface area (Å²) in [6.45, 7) is 4.67. The monoisotopic (exact) mass is 385 g/mol. The van der Waals surface area contributed by atoms with Gasteiger partial charge in [0, 0.05) is 45.3 Å². The van der Waals surface area contributed by atoms with Gasteiger partial charge in [-0.3, -0.25) is 15.0 Å². The summed E-state index contributed by atoms with van der Waals surface area (Å²) >= 11 is 0. The van der Waals surface area contributed by atoms with E-state index < -0.39 is 21.0 Å². The number of hydrogen-bond acceptors (Lipinski definition) is 6. The standard InChI is InChI=1S/C15H23N5O5S/c1-12-13(4-3-5-14(12)20(22)23)17-15(21)16-6-7-18-8-10-19(11-9-18)26(2,24)25/h3-5H,6-11H2,1-2H3,(H2,16,17,21). The molecule has 2 amide bonds. The first-order valence-electron chi connectivity index (χ1n) is 8.15. The van der Waals surface area contributed by atoms with Gasteiger partial charge >= 0.3 is 6.03 Å². The molecule has 0 aliphatic carbocycles.